The predicted molar refractivity (Wildman–Crippen MR) is 242 cm³/mol. The highest BCUT2D eigenvalue weighted by Crippen LogP contribution is 2.14. The zero-order valence-electron chi connectivity index (χ0n) is 37.3. The second-order valence-electron chi connectivity index (χ2n) is 15.7. The average molecular weight is 797 g/mol. The molecule has 1 atom stereocenters. The molecule has 57 heavy (non-hydrogen) atoms. The third-order valence-corrected chi connectivity index (χ3v) is 10.1. The Morgan fingerprint density at radius 2 is 0.702 bits per heavy atom. The Morgan fingerprint density at radius 1 is 0.368 bits per heavy atom. The monoisotopic (exact) mass is 797 g/mol. The van der Waals surface area contributed by atoms with Gasteiger partial charge in [0, 0.05) is 19.3 Å². The minimum atomic E-state index is -0.793. The van der Waals surface area contributed by atoms with Crippen molar-refractivity contribution in [2.24, 2.45) is 0 Å². The largest absolute Gasteiger partial charge is 0.462 e. The normalized spacial score (nSPS) is 12.5. The molecule has 0 aromatic heterocycles. The van der Waals surface area contributed by atoms with Gasteiger partial charge in [-0.2, -0.15) is 0 Å². The molecular formula is C51H88O6. The number of ether oxygens (including phenoxy) is 3. The summed E-state index contributed by atoms with van der Waals surface area (Å²) in [6.45, 7) is 6.43. The fraction of sp³-hybridized carbons (Fsp3) is 0.745. The first-order valence-electron chi connectivity index (χ1n) is 23.8. The fourth-order valence-electron chi connectivity index (χ4n) is 6.51. The van der Waals surface area contributed by atoms with Gasteiger partial charge in [0.1, 0.15) is 13.2 Å². The molecule has 0 bridgehead atoms. The second kappa shape index (κ2) is 45.8. The van der Waals surface area contributed by atoms with Crippen molar-refractivity contribution in [1.29, 1.82) is 0 Å². The van der Waals surface area contributed by atoms with Gasteiger partial charge in [0.25, 0.3) is 0 Å². The predicted octanol–water partition coefficient (Wildman–Crippen LogP) is 15.3. The molecule has 0 fully saturated rings. The maximum Gasteiger partial charge on any atom is 0.306 e. The highest BCUT2D eigenvalue weighted by atomic mass is 16.6. The highest BCUT2D eigenvalue weighted by Gasteiger charge is 2.19. The van der Waals surface area contributed by atoms with Gasteiger partial charge in [-0.3, -0.25) is 14.4 Å². The SMILES string of the molecule is CC\C=C/C=C\C=C/C=C\CCCCCC(=O)OC(COC(=O)CCCCCCC/C=C\CCCCCCCCC)COC(=O)CCCCCCCCCCCC. The summed E-state index contributed by atoms with van der Waals surface area (Å²) in [7, 11) is 0. The van der Waals surface area contributed by atoms with Crippen LogP contribution in [0.15, 0.2) is 60.8 Å². The average Bonchev–Trinajstić information content (AvgIpc) is 3.21. The van der Waals surface area contributed by atoms with Crippen LogP contribution in [0.5, 0.6) is 0 Å². The smallest absolute Gasteiger partial charge is 0.306 e. The molecule has 0 aromatic carbocycles. The van der Waals surface area contributed by atoms with E-state index in [0.717, 1.165) is 77.0 Å². The van der Waals surface area contributed by atoms with Gasteiger partial charge in [-0.25, -0.2) is 0 Å². The molecule has 0 aromatic rings. The molecule has 0 spiro atoms. The van der Waals surface area contributed by atoms with Crippen molar-refractivity contribution < 1.29 is 28.6 Å². The van der Waals surface area contributed by atoms with Gasteiger partial charge >= 0.3 is 17.9 Å². The third kappa shape index (κ3) is 44.1. The van der Waals surface area contributed by atoms with E-state index < -0.39 is 6.10 Å². The van der Waals surface area contributed by atoms with Crippen molar-refractivity contribution in [2.75, 3.05) is 13.2 Å². The van der Waals surface area contributed by atoms with Gasteiger partial charge in [-0.1, -0.05) is 204 Å². The van der Waals surface area contributed by atoms with Crippen LogP contribution >= 0.6 is 0 Å². The standard InChI is InChI=1S/C51H88O6/c1-4-7-10-13-16-19-22-24-25-26-28-29-32-35-38-41-44-50(53)56-47-48(46-55-49(52)43-40-37-34-31-21-18-15-12-9-6-3)57-51(54)45-42-39-36-33-30-27-23-20-17-14-11-8-5-2/h8,11,14,17,20,23,25-27,30,48H,4-7,9-10,12-13,15-16,18-19,21-22,24,28-29,31-47H2,1-3H3/b11-8-,17-14-,23-20-,26-25-,30-27-. The lowest BCUT2D eigenvalue weighted by molar-refractivity contribution is -0.167. The van der Waals surface area contributed by atoms with Crippen molar-refractivity contribution in [1.82, 2.24) is 0 Å². The molecule has 0 heterocycles. The van der Waals surface area contributed by atoms with Crippen molar-refractivity contribution in [2.45, 2.75) is 232 Å². The quantitative estimate of drug-likeness (QED) is 0.0201. The van der Waals surface area contributed by atoms with Crippen LogP contribution in [0.2, 0.25) is 0 Å². The summed E-state index contributed by atoms with van der Waals surface area (Å²) < 4.78 is 16.7. The Hall–Kier alpha value is -2.89. The van der Waals surface area contributed by atoms with Gasteiger partial charge in [-0.15, -0.1) is 0 Å². The molecule has 0 aliphatic rings. The van der Waals surface area contributed by atoms with Crippen molar-refractivity contribution in [3.05, 3.63) is 60.8 Å². The van der Waals surface area contributed by atoms with E-state index in [1.54, 1.807) is 0 Å². The lowest BCUT2D eigenvalue weighted by Crippen LogP contribution is -2.30. The summed E-state index contributed by atoms with van der Waals surface area (Å²) in [6.07, 6.45) is 54.9. The number of carbonyl (C=O) groups is 3. The molecule has 328 valence electrons. The highest BCUT2D eigenvalue weighted by molar-refractivity contribution is 5.71. The number of allylic oxidation sites excluding steroid dienone is 10. The Labute approximate surface area is 351 Å². The Bertz CT molecular complexity index is 1050. The van der Waals surface area contributed by atoms with Crippen molar-refractivity contribution in [3.63, 3.8) is 0 Å². The van der Waals surface area contributed by atoms with Crippen molar-refractivity contribution in [3.8, 4) is 0 Å². The topological polar surface area (TPSA) is 78.9 Å². The number of unbranched alkanes of at least 4 members (excludes halogenated alkanes) is 24. The molecule has 0 N–H and O–H groups in total. The van der Waals surface area contributed by atoms with E-state index in [-0.39, 0.29) is 37.5 Å². The molecule has 0 saturated carbocycles. The summed E-state index contributed by atoms with van der Waals surface area (Å²) in [5, 5.41) is 0. The van der Waals surface area contributed by atoms with Gasteiger partial charge in [0.05, 0.1) is 0 Å². The van der Waals surface area contributed by atoms with Gasteiger partial charge in [-0.05, 0) is 64.2 Å². The molecule has 0 aliphatic carbocycles. The van der Waals surface area contributed by atoms with E-state index >= 15 is 0 Å². The minimum absolute atomic E-state index is 0.0918. The number of hydrogen-bond donors (Lipinski definition) is 0. The van der Waals surface area contributed by atoms with E-state index in [1.807, 2.05) is 36.5 Å². The molecule has 6 nitrogen and oxygen atoms in total. The van der Waals surface area contributed by atoms with Crippen LogP contribution in [0.25, 0.3) is 0 Å². The van der Waals surface area contributed by atoms with Crippen molar-refractivity contribution >= 4 is 17.9 Å². The minimum Gasteiger partial charge on any atom is -0.462 e. The maximum absolute atomic E-state index is 12.7. The summed E-state index contributed by atoms with van der Waals surface area (Å²) >= 11 is 0. The molecule has 0 rings (SSSR count). The summed E-state index contributed by atoms with van der Waals surface area (Å²) in [6, 6.07) is 0. The Morgan fingerprint density at radius 3 is 1.14 bits per heavy atom. The second-order valence-corrected chi connectivity index (χ2v) is 15.7. The fourth-order valence-corrected chi connectivity index (χ4v) is 6.51. The van der Waals surface area contributed by atoms with Crippen LogP contribution in [0.1, 0.15) is 226 Å². The van der Waals surface area contributed by atoms with Gasteiger partial charge in [0.2, 0.25) is 0 Å². The maximum atomic E-state index is 12.7. The molecule has 0 radical (unpaired) electrons. The summed E-state index contributed by atoms with van der Waals surface area (Å²) in [5.74, 6) is -0.942. The Kier molecular flexibility index (Phi) is 43.5. The lowest BCUT2D eigenvalue weighted by atomic mass is 10.1. The van der Waals surface area contributed by atoms with E-state index in [0.29, 0.717) is 12.8 Å². The molecular weight excluding hydrogens is 709 g/mol. The number of rotatable bonds is 42. The van der Waals surface area contributed by atoms with E-state index in [2.05, 4.69) is 45.1 Å². The van der Waals surface area contributed by atoms with Gasteiger partial charge < -0.3 is 14.2 Å². The first kappa shape index (κ1) is 54.1. The van der Waals surface area contributed by atoms with Crippen LogP contribution in [0.4, 0.5) is 0 Å². The summed E-state index contributed by atoms with van der Waals surface area (Å²) in [5.41, 5.74) is 0. The van der Waals surface area contributed by atoms with Crippen LogP contribution in [0, 0.1) is 0 Å². The first-order valence-corrected chi connectivity index (χ1v) is 23.8. The third-order valence-electron chi connectivity index (χ3n) is 10.1. The first-order chi connectivity index (χ1) is 28.0. The van der Waals surface area contributed by atoms with Crippen LogP contribution < -0.4 is 0 Å². The van der Waals surface area contributed by atoms with E-state index in [4.69, 9.17) is 14.2 Å². The number of hydrogen-bond acceptors (Lipinski definition) is 6. The molecule has 0 amide bonds. The zero-order valence-corrected chi connectivity index (χ0v) is 37.3. The molecule has 1 unspecified atom stereocenters. The van der Waals surface area contributed by atoms with Crippen LogP contribution in [0.3, 0.4) is 0 Å². The van der Waals surface area contributed by atoms with E-state index in [1.165, 1.54) is 109 Å². The molecule has 0 aliphatic heterocycles. The van der Waals surface area contributed by atoms with E-state index in [9.17, 15) is 14.4 Å². The van der Waals surface area contributed by atoms with Gasteiger partial charge in [0.15, 0.2) is 6.10 Å². The Balaban J connectivity index is 4.42. The van der Waals surface area contributed by atoms with Crippen LogP contribution in [-0.4, -0.2) is 37.2 Å². The van der Waals surface area contributed by atoms with Crippen LogP contribution in [-0.2, 0) is 28.6 Å². The zero-order chi connectivity index (χ0) is 41.5. The lowest BCUT2D eigenvalue weighted by Gasteiger charge is -2.18. The number of esters is 3. The number of carbonyl (C=O) groups excluding carboxylic acids is 3. The molecule has 6 heteroatoms. The summed E-state index contributed by atoms with van der Waals surface area (Å²) in [4.78, 5) is 37.8. The molecule has 0 saturated heterocycles.